The lowest BCUT2D eigenvalue weighted by atomic mass is 9.91. The molecule has 2 aliphatic heterocycles. The number of ether oxygens (including phenoxy) is 1. The fraction of sp³-hybridized carbons (Fsp3) is 0.275. The number of aliphatic hydroxyl groups is 1. The molecule has 1 fully saturated rings. The first kappa shape index (κ1) is 40.6. The van der Waals surface area contributed by atoms with Crippen LogP contribution in [0.2, 0.25) is 0 Å². The fourth-order valence-corrected chi connectivity index (χ4v) is 8.18. The van der Waals surface area contributed by atoms with E-state index in [4.69, 9.17) is 10.5 Å². The lowest BCUT2D eigenvalue weighted by Crippen LogP contribution is -2.50. The molecule has 2 aromatic carbocycles. The van der Waals surface area contributed by atoms with Crippen LogP contribution in [0.15, 0.2) is 97.2 Å². The molecule has 5 aromatic rings. The van der Waals surface area contributed by atoms with Crippen molar-refractivity contribution in [3.63, 3.8) is 0 Å². The second-order valence-electron chi connectivity index (χ2n) is 14.0. The van der Waals surface area contributed by atoms with Gasteiger partial charge in [0.2, 0.25) is 5.82 Å². The number of fused-ring (bicyclic) bond motifs is 1. The monoisotopic (exact) mass is 824 g/mol. The number of nitrogens with zero attached hydrogens (tertiary/aromatic N) is 9. The van der Waals surface area contributed by atoms with E-state index >= 15 is 0 Å². The minimum absolute atomic E-state index is 0.0333. The SMILES string of the molecule is C=C/C=C(\C=C)N1CCOc2ccc(N(C)c3cc(-c4nc(C(=O)NC5CCN(CC(O)(Cn6cncn6)c6ccc(F)cc6F)CC5)n[nH]4)sc3/N=C(/N)C=O)cc21. The minimum atomic E-state index is -1.74. The molecular formula is C40H42F2N12O4S. The molecule has 0 radical (unpaired) electrons. The number of aromatic nitrogens is 6. The molecule has 0 bridgehead atoms. The van der Waals surface area contributed by atoms with E-state index in [9.17, 15) is 23.5 Å². The molecule has 1 amide bonds. The van der Waals surface area contributed by atoms with Crippen molar-refractivity contribution < 1.29 is 28.2 Å². The third kappa shape index (κ3) is 8.96. The standard InChI is InChI=1S/C40H42F2N12O4S/c1-4-6-27(5-2)54-15-16-58-33-10-8-28(18-31(33)54)51(3)32-19-34(59-39(32)47-35(43)20-55)36-48-37(50-49-36)38(56)46-26-11-13-52(14-12-26)21-40(57,22-53-24-44-23-45-53)29-9-7-25(41)17-30(29)42/h4-10,17-20,23-24,26,57H,1-2,11-16,21-22H2,3H3,(H2,43,47)(H,46,56)(H,48,49,50)/b27-6+. The number of rotatable bonds is 15. The zero-order valence-electron chi connectivity index (χ0n) is 32.1. The van der Waals surface area contributed by atoms with Gasteiger partial charge in [-0.2, -0.15) is 5.10 Å². The van der Waals surface area contributed by atoms with Gasteiger partial charge in [0.15, 0.2) is 17.9 Å². The molecule has 5 N–H and O–H groups in total. The number of benzene rings is 2. The second-order valence-corrected chi connectivity index (χ2v) is 15.0. The number of hydrogen-bond donors (Lipinski definition) is 4. The summed E-state index contributed by atoms with van der Waals surface area (Å²) in [5, 5.41) is 26.3. The summed E-state index contributed by atoms with van der Waals surface area (Å²) in [6.07, 6.45) is 9.58. The summed E-state index contributed by atoms with van der Waals surface area (Å²) in [5.41, 5.74) is 7.18. The van der Waals surface area contributed by atoms with Gasteiger partial charge in [-0.1, -0.05) is 25.3 Å². The molecule has 16 nitrogen and oxygen atoms in total. The van der Waals surface area contributed by atoms with Gasteiger partial charge in [0.05, 0.1) is 29.3 Å². The summed E-state index contributed by atoms with van der Waals surface area (Å²) < 4.78 is 36.0. The largest absolute Gasteiger partial charge is 0.490 e. The number of hydrogen-bond acceptors (Lipinski definition) is 13. The highest BCUT2D eigenvalue weighted by atomic mass is 32.1. The molecule has 0 spiro atoms. The van der Waals surface area contributed by atoms with E-state index in [0.717, 1.165) is 29.2 Å². The zero-order valence-corrected chi connectivity index (χ0v) is 32.9. The van der Waals surface area contributed by atoms with Gasteiger partial charge >= 0.3 is 0 Å². The molecule has 0 saturated carbocycles. The molecule has 306 valence electrons. The number of thiophene rings is 1. The number of allylic oxidation sites excluding steroid dienone is 3. The number of halogens is 2. The highest BCUT2D eigenvalue weighted by Gasteiger charge is 2.37. The Morgan fingerprint density at radius 3 is 2.71 bits per heavy atom. The number of anilines is 3. The number of H-pyrrole nitrogens is 1. The van der Waals surface area contributed by atoms with E-state index in [-0.39, 0.29) is 36.4 Å². The van der Waals surface area contributed by atoms with E-state index < -0.39 is 23.1 Å². The van der Waals surface area contributed by atoms with Crippen LogP contribution in [-0.4, -0.2) is 104 Å². The number of amidine groups is 1. The number of β-amino-alcohol motifs (C(OH)–C–C–N with tert-alkyl or cyclic N) is 1. The van der Waals surface area contributed by atoms with Gasteiger partial charge in [-0.05, 0) is 55.3 Å². The van der Waals surface area contributed by atoms with Crippen molar-refractivity contribution in [2.45, 2.75) is 31.0 Å². The van der Waals surface area contributed by atoms with E-state index in [0.29, 0.717) is 72.5 Å². The maximum absolute atomic E-state index is 15.0. The third-order valence-electron chi connectivity index (χ3n) is 10.1. The number of piperidine rings is 1. The van der Waals surface area contributed by atoms with Crippen LogP contribution in [0.3, 0.4) is 0 Å². The van der Waals surface area contributed by atoms with Gasteiger partial charge in [-0.25, -0.2) is 28.4 Å². The van der Waals surface area contributed by atoms with Crippen LogP contribution >= 0.6 is 11.3 Å². The van der Waals surface area contributed by atoms with Crippen LogP contribution in [0.5, 0.6) is 5.75 Å². The summed E-state index contributed by atoms with van der Waals surface area (Å²) in [6.45, 7) is 9.76. The Labute approximate surface area is 342 Å². The van der Waals surface area contributed by atoms with Crippen molar-refractivity contribution in [3.8, 4) is 16.5 Å². The average Bonchev–Trinajstić information content (AvgIpc) is 4.02. The Balaban J connectivity index is 1.04. The maximum Gasteiger partial charge on any atom is 0.291 e. The minimum Gasteiger partial charge on any atom is -0.490 e. The molecular weight excluding hydrogens is 783 g/mol. The van der Waals surface area contributed by atoms with Gasteiger partial charge in [-0.15, -0.1) is 16.4 Å². The number of carbonyl (C=O) groups is 2. The Bertz CT molecular complexity index is 2410. The molecule has 19 heteroatoms. The lowest BCUT2D eigenvalue weighted by Gasteiger charge is -2.38. The van der Waals surface area contributed by atoms with Crippen molar-refractivity contribution in [1.29, 1.82) is 0 Å². The molecule has 1 atom stereocenters. The van der Waals surface area contributed by atoms with Crippen LogP contribution in [0, 0.1) is 11.6 Å². The number of carbonyl (C=O) groups excluding carboxylic acids is 2. The first-order chi connectivity index (χ1) is 28.5. The van der Waals surface area contributed by atoms with Crippen molar-refractivity contribution in [2.75, 3.05) is 49.6 Å². The van der Waals surface area contributed by atoms with Crippen LogP contribution in [0.1, 0.15) is 29.0 Å². The van der Waals surface area contributed by atoms with Crippen molar-refractivity contribution in [1.82, 2.24) is 40.2 Å². The predicted octanol–water partition coefficient (Wildman–Crippen LogP) is 4.60. The van der Waals surface area contributed by atoms with Crippen LogP contribution in [0.25, 0.3) is 10.7 Å². The molecule has 1 unspecified atom stereocenters. The normalized spacial score (nSPS) is 16.2. The first-order valence-electron chi connectivity index (χ1n) is 18.6. The molecule has 1 saturated heterocycles. The average molecular weight is 825 g/mol. The number of nitrogens with one attached hydrogen (secondary N) is 2. The number of aromatic amines is 1. The summed E-state index contributed by atoms with van der Waals surface area (Å²) in [6, 6.07) is 10.5. The van der Waals surface area contributed by atoms with Gasteiger partial charge in [0, 0.05) is 55.7 Å². The smallest absolute Gasteiger partial charge is 0.291 e. The van der Waals surface area contributed by atoms with Gasteiger partial charge < -0.3 is 30.7 Å². The van der Waals surface area contributed by atoms with Crippen LogP contribution in [0.4, 0.5) is 30.8 Å². The maximum atomic E-state index is 15.0. The zero-order chi connectivity index (χ0) is 41.7. The summed E-state index contributed by atoms with van der Waals surface area (Å²) >= 11 is 1.21. The Morgan fingerprint density at radius 2 is 2.00 bits per heavy atom. The van der Waals surface area contributed by atoms with Crippen molar-refractivity contribution in [3.05, 3.63) is 115 Å². The second kappa shape index (κ2) is 17.5. The summed E-state index contributed by atoms with van der Waals surface area (Å²) in [7, 11) is 1.86. The van der Waals surface area contributed by atoms with E-state index in [2.05, 4.69) is 53.6 Å². The number of nitrogens with two attached hydrogens (primary N) is 1. The van der Waals surface area contributed by atoms with E-state index in [1.54, 1.807) is 12.2 Å². The Kier molecular flexibility index (Phi) is 12.1. The lowest BCUT2D eigenvalue weighted by molar-refractivity contribution is -0.102. The first-order valence-corrected chi connectivity index (χ1v) is 19.4. The van der Waals surface area contributed by atoms with Crippen molar-refractivity contribution >= 4 is 51.4 Å². The fourth-order valence-electron chi connectivity index (χ4n) is 7.16. The molecule has 59 heavy (non-hydrogen) atoms. The van der Waals surface area contributed by atoms with Gasteiger partial charge in [0.1, 0.15) is 47.2 Å². The number of aliphatic imine (C=N–C) groups is 1. The highest BCUT2D eigenvalue weighted by Crippen LogP contribution is 2.46. The highest BCUT2D eigenvalue weighted by molar-refractivity contribution is 7.19. The number of aldehydes is 1. The Morgan fingerprint density at radius 1 is 1.19 bits per heavy atom. The quantitative estimate of drug-likeness (QED) is 0.0497. The van der Waals surface area contributed by atoms with Crippen LogP contribution in [-0.2, 0) is 16.9 Å². The molecule has 3 aromatic heterocycles. The topological polar surface area (TPSA) is 196 Å². The molecule has 2 aliphatic rings. The number of likely N-dealkylation sites (tertiary alicyclic amines) is 1. The van der Waals surface area contributed by atoms with Crippen LogP contribution < -0.4 is 25.6 Å². The van der Waals surface area contributed by atoms with E-state index in [1.807, 2.05) is 47.2 Å². The third-order valence-corrected chi connectivity index (χ3v) is 11.1. The predicted molar refractivity (Wildman–Crippen MR) is 220 cm³/mol. The van der Waals surface area contributed by atoms with E-state index in [1.165, 1.54) is 34.7 Å². The Hall–Kier alpha value is -6.57. The molecule has 7 rings (SSSR count). The number of amides is 1. The molecule has 0 aliphatic carbocycles. The summed E-state index contributed by atoms with van der Waals surface area (Å²) in [5.74, 6) is -1.36. The summed E-state index contributed by atoms with van der Waals surface area (Å²) in [4.78, 5) is 44.2. The molecule has 5 heterocycles. The van der Waals surface area contributed by atoms with Crippen molar-refractivity contribution in [2.24, 2.45) is 10.7 Å². The van der Waals surface area contributed by atoms with Gasteiger partial charge in [0.25, 0.3) is 5.91 Å². The van der Waals surface area contributed by atoms with Gasteiger partial charge in [-0.3, -0.25) is 19.6 Å².